The smallest absolute Gasteiger partial charge is 0.0555 e. The fraction of sp³-hybridized carbons (Fsp3) is 0.667. The van der Waals surface area contributed by atoms with Crippen LogP contribution in [0.2, 0.25) is 0 Å². The van der Waals surface area contributed by atoms with Gasteiger partial charge in [-0.05, 0) is 36.7 Å². The molecule has 0 aliphatic rings. The molecule has 0 saturated heterocycles. The molecule has 0 atom stereocenters. The molecule has 0 unspecified atom stereocenters. The highest BCUT2D eigenvalue weighted by atomic mass is 32.2. The van der Waals surface area contributed by atoms with Crippen molar-refractivity contribution in [2.75, 3.05) is 39.4 Å². The standard InChI is InChI=1S/C12H24N2O3S2/c15-9-7-13-5-1-3-11-18-17-19-12-4-2-6-14-8-10-16/h3-4,11-16H,1-2,5-10H2. The number of rotatable bonds is 14. The van der Waals surface area contributed by atoms with Crippen LogP contribution in [0.15, 0.2) is 23.0 Å². The van der Waals surface area contributed by atoms with Crippen molar-refractivity contribution in [1.82, 2.24) is 10.6 Å². The average Bonchev–Trinajstić information content (AvgIpc) is 2.43. The summed E-state index contributed by atoms with van der Waals surface area (Å²) in [5, 5.41) is 27.1. The molecule has 0 aromatic heterocycles. The van der Waals surface area contributed by atoms with Gasteiger partial charge in [0.05, 0.1) is 13.2 Å². The van der Waals surface area contributed by atoms with Crippen LogP contribution in [-0.4, -0.2) is 49.6 Å². The summed E-state index contributed by atoms with van der Waals surface area (Å²) in [4.78, 5) is 0. The van der Waals surface area contributed by atoms with Crippen molar-refractivity contribution in [2.45, 2.75) is 12.8 Å². The molecular formula is C12H24N2O3S2. The van der Waals surface area contributed by atoms with Crippen molar-refractivity contribution in [2.24, 2.45) is 0 Å². The molecule has 7 heteroatoms. The maximum absolute atomic E-state index is 8.54. The summed E-state index contributed by atoms with van der Waals surface area (Å²) >= 11 is 2.59. The van der Waals surface area contributed by atoms with Gasteiger partial charge in [-0.2, -0.15) is 0 Å². The Bertz CT molecular complexity index is 207. The molecule has 4 N–H and O–H groups in total. The molecule has 0 fully saturated rings. The van der Waals surface area contributed by atoms with Crippen LogP contribution in [0.5, 0.6) is 0 Å². The van der Waals surface area contributed by atoms with Gasteiger partial charge in [-0.1, -0.05) is 12.2 Å². The van der Waals surface area contributed by atoms with E-state index < -0.39 is 0 Å². The minimum Gasteiger partial charge on any atom is -0.395 e. The lowest BCUT2D eigenvalue weighted by molar-refractivity contribution is 0.292. The first-order valence-electron chi connectivity index (χ1n) is 6.33. The fourth-order valence-electron chi connectivity index (χ4n) is 1.06. The van der Waals surface area contributed by atoms with Gasteiger partial charge in [0.2, 0.25) is 0 Å². The van der Waals surface area contributed by atoms with Crippen molar-refractivity contribution in [3.63, 3.8) is 0 Å². The maximum Gasteiger partial charge on any atom is 0.0555 e. The van der Waals surface area contributed by atoms with Crippen LogP contribution in [0.1, 0.15) is 12.8 Å². The zero-order valence-corrected chi connectivity index (χ0v) is 12.7. The van der Waals surface area contributed by atoms with Gasteiger partial charge in [0.25, 0.3) is 0 Å². The van der Waals surface area contributed by atoms with Crippen molar-refractivity contribution in [1.29, 1.82) is 0 Å². The molecule has 19 heavy (non-hydrogen) atoms. The van der Waals surface area contributed by atoms with Crippen LogP contribution in [-0.2, 0) is 3.63 Å². The van der Waals surface area contributed by atoms with E-state index in [0.717, 1.165) is 25.9 Å². The third-order valence-electron chi connectivity index (χ3n) is 1.93. The third-order valence-corrected chi connectivity index (χ3v) is 3.17. The Morgan fingerprint density at radius 1 is 0.789 bits per heavy atom. The van der Waals surface area contributed by atoms with E-state index in [9.17, 15) is 0 Å². The largest absolute Gasteiger partial charge is 0.395 e. The Labute approximate surface area is 124 Å². The molecule has 0 spiro atoms. The zero-order valence-electron chi connectivity index (χ0n) is 11.1. The number of aliphatic hydroxyl groups is 2. The molecule has 0 saturated carbocycles. The lowest BCUT2D eigenvalue weighted by Crippen LogP contribution is -2.18. The lowest BCUT2D eigenvalue weighted by atomic mass is 10.4. The van der Waals surface area contributed by atoms with Gasteiger partial charge < -0.3 is 20.8 Å². The molecule has 0 aromatic carbocycles. The van der Waals surface area contributed by atoms with E-state index >= 15 is 0 Å². The topological polar surface area (TPSA) is 73.8 Å². The second kappa shape index (κ2) is 18.0. The molecule has 0 amide bonds. The number of hydrogen-bond acceptors (Lipinski definition) is 7. The SMILES string of the molecule is OCCNCCC=CSOSC=CCCNCCO. The summed E-state index contributed by atoms with van der Waals surface area (Å²) in [6, 6.07) is 0. The van der Waals surface area contributed by atoms with Gasteiger partial charge in [0.1, 0.15) is 0 Å². The Hall–Kier alpha value is -0.0200. The second-order valence-corrected chi connectivity index (χ2v) is 5.00. The summed E-state index contributed by atoms with van der Waals surface area (Å²) in [6.07, 6.45) is 5.90. The van der Waals surface area contributed by atoms with Gasteiger partial charge in [-0.15, -0.1) is 0 Å². The molecule has 0 bridgehead atoms. The normalized spacial score (nSPS) is 11.9. The average molecular weight is 308 g/mol. The second-order valence-electron chi connectivity index (χ2n) is 3.53. The highest BCUT2D eigenvalue weighted by Crippen LogP contribution is 2.16. The lowest BCUT2D eigenvalue weighted by Gasteiger charge is -1.98. The molecule has 0 aromatic rings. The minimum absolute atomic E-state index is 0.181. The number of hydrogen-bond donors (Lipinski definition) is 4. The van der Waals surface area contributed by atoms with Gasteiger partial charge in [0.15, 0.2) is 0 Å². The van der Waals surface area contributed by atoms with Gasteiger partial charge in [-0.25, -0.2) is 3.63 Å². The molecule has 0 heterocycles. The van der Waals surface area contributed by atoms with E-state index in [4.69, 9.17) is 13.8 Å². The molecule has 112 valence electrons. The predicted molar refractivity (Wildman–Crippen MR) is 83.7 cm³/mol. The monoisotopic (exact) mass is 308 g/mol. The van der Waals surface area contributed by atoms with Crippen molar-refractivity contribution in [3.05, 3.63) is 23.0 Å². The van der Waals surface area contributed by atoms with Crippen molar-refractivity contribution in [3.8, 4) is 0 Å². The molecule has 0 aliphatic heterocycles. The van der Waals surface area contributed by atoms with E-state index in [-0.39, 0.29) is 13.2 Å². The molecule has 0 aliphatic carbocycles. The molecule has 5 nitrogen and oxygen atoms in total. The van der Waals surface area contributed by atoms with Crippen LogP contribution in [0.3, 0.4) is 0 Å². The Balaban J connectivity index is 3.12. The first kappa shape index (κ1) is 19.0. The maximum atomic E-state index is 8.54. The van der Waals surface area contributed by atoms with Gasteiger partial charge >= 0.3 is 0 Å². The Morgan fingerprint density at radius 3 is 1.68 bits per heavy atom. The first-order valence-corrected chi connectivity index (χ1v) is 7.94. The summed E-state index contributed by atoms with van der Waals surface area (Å²) in [7, 11) is 0. The van der Waals surface area contributed by atoms with E-state index in [1.165, 1.54) is 24.1 Å². The van der Waals surface area contributed by atoms with E-state index in [1.807, 2.05) is 23.0 Å². The molecule has 0 rings (SSSR count). The predicted octanol–water partition coefficient (Wildman–Crippen LogP) is 1.27. The van der Waals surface area contributed by atoms with Crippen LogP contribution >= 0.6 is 24.1 Å². The quantitative estimate of drug-likeness (QED) is 0.284. The van der Waals surface area contributed by atoms with Crippen molar-refractivity contribution < 1.29 is 13.8 Å². The summed E-state index contributed by atoms with van der Waals surface area (Å²) < 4.78 is 5.23. The van der Waals surface area contributed by atoms with Gasteiger partial charge in [0, 0.05) is 37.2 Å². The minimum atomic E-state index is 0.181. The summed E-state index contributed by atoms with van der Waals surface area (Å²) in [5.41, 5.74) is 0. The van der Waals surface area contributed by atoms with E-state index in [2.05, 4.69) is 10.6 Å². The highest BCUT2D eigenvalue weighted by Gasteiger charge is 1.85. The number of nitrogens with one attached hydrogen (secondary N) is 2. The third kappa shape index (κ3) is 18.0. The zero-order chi connectivity index (χ0) is 14.0. The van der Waals surface area contributed by atoms with Crippen LogP contribution in [0, 0.1) is 0 Å². The van der Waals surface area contributed by atoms with Crippen LogP contribution < -0.4 is 10.6 Å². The first-order chi connectivity index (χ1) is 9.41. The molecular weight excluding hydrogens is 284 g/mol. The highest BCUT2D eigenvalue weighted by molar-refractivity contribution is 8.10. The van der Waals surface area contributed by atoms with Crippen molar-refractivity contribution >= 4 is 24.1 Å². The number of aliphatic hydroxyl groups excluding tert-OH is 2. The fourth-order valence-corrected chi connectivity index (χ4v) is 2.04. The molecule has 0 radical (unpaired) electrons. The van der Waals surface area contributed by atoms with Crippen LogP contribution in [0.4, 0.5) is 0 Å². The Kier molecular flexibility index (Phi) is 18.0. The summed E-state index contributed by atoms with van der Waals surface area (Å²) in [6.45, 7) is 3.38. The van der Waals surface area contributed by atoms with E-state index in [0.29, 0.717) is 13.1 Å². The summed E-state index contributed by atoms with van der Waals surface area (Å²) in [5.74, 6) is 0. The van der Waals surface area contributed by atoms with Crippen LogP contribution in [0.25, 0.3) is 0 Å². The van der Waals surface area contributed by atoms with E-state index in [1.54, 1.807) is 0 Å². The Morgan fingerprint density at radius 2 is 1.26 bits per heavy atom. The van der Waals surface area contributed by atoms with Gasteiger partial charge in [-0.3, -0.25) is 0 Å².